The van der Waals surface area contributed by atoms with Crippen LogP contribution in [0, 0.1) is 5.92 Å². The lowest BCUT2D eigenvalue weighted by atomic mass is 10.3. The van der Waals surface area contributed by atoms with E-state index in [4.69, 9.17) is 60.3 Å². The van der Waals surface area contributed by atoms with Gasteiger partial charge in [0.1, 0.15) is 0 Å². The van der Waals surface area contributed by atoms with Crippen LogP contribution < -0.4 is 0 Å². The lowest BCUT2D eigenvalue weighted by Crippen LogP contribution is -2.52. The highest BCUT2D eigenvalue weighted by atomic mass is 28.5. The van der Waals surface area contributed by atoms with Gasteiger partial charge in [-0.1, -0.05) is 34.6 Å². The van der Waals surface area contributed by atoms with Gasteiger partial charge >= 0.3 is 8.56 Å². The molecule has 0 N–H and O–H groups in total. The zero-order chi connectivity index (χ0) is 38.8. The van der Waals surface area contributed by atoms with Crippen LogP contribution in [-0.4, -0.2) is 172 Å². The van der Waals surface area contributed by atoms with Gasteiger partial charge in [0.15, 0.2) is 17.4 Å². The van der Waals surface area contributed by atoms with Gasteiger partial charge in [0.25, 0.3) is 0 Å². The molecule has 16 heteroatoms. The molecule has 2 unspecified atom stereocenters. The lowest BCUT2D eigenvalue weighted by Gasteiger charge is -2.41. The summed E-state index contributed by atoms with van der Waals surface area (Å²) in [4.78, 5) is 0. The van der Waals surface area contributed by atoms with Crippen LogP contribution in [0.4, 0.5) is 0 Å². The van der Waals surface area contributed by atoms with Crippen molar-refractivity contribution in [1.82, 2.24) is 0 Å². The van der Waals surface area contributed by atoms with E-state index in [2.05, 4.69) is 60.8 Å². The van der Waals surface area contributed by atoms with Crippen molar-refractivity contribution in [2.75, 3.05) is 146 Å². The Labute approximate surface area is 321 Å². The standard InChI is InChI=1S/C36H80O13Si3/c1-35(2)34-51(8,9)49-52(10,48-50(7)36(3,4)5)33-11-12-38-15-16-40-19-20-42-23-24-44-27-28-46-31-32-47-30-29-45-26-25-43-22-21-41-18-17-39-14-13-37-6/h35,50H,11-34H2,1-10H3. The maximum absolute atomic E-state index is 6.94. The molecule has 0 bridgehead atoms. The van der Waals surface area contributed by atoms with Gasteiger partial charge in [-0.25, -0.2) is 0 Å². The van der Waals surface area contributed by atoms with E-state index in [-0.39, 0.29) is 5.04 Å². The van der Waals surface area contributed by atoms with Crippen molar-refractivity contribution in [3.05, 3.63) is 0 Å². The molecule has 0 saturated carbocycles. The summed E-state index contributed by atoms with van der Waals surface area (Å²) in [5.74, 6) is 0.637. The minimum atomic E-state index is -2.29. The first-order valence-corrected chi connectivity index (χ1v) is 27.3. The minimum absolute atomic E-state index is 0.214. The van der Waals surface area contributed by atoms with Crippen LogP contribution in [0.3, 0.4) is 0 Å². The van der Waals surface area contributed by atoms with Gasteiger partial charge in [-0.2, -0.15) is 0 Å². The molecule has 2 atom stereocenters. The summed E-state index contributed by atoms with van der Waals surface area (Å²) in [7, 11) is -3.83. The van der Waals surface area contributed by atoms with Crippen molar-refractivity contribution in [2.24, 2.45) is 5.92 Å². The average Bonchev–Trinajstić information content (AvgIpc) is 3.05. The number of hydrogen-bond acceptors (Lipinski definition) is 13. The summed E-state index contributed by atoms with van der Waals surface area (Å²) in [5, 5.41) is 0.214. The third-order valence-electron chi connectivity index (χ3n) is 7.74. The van der Waals surface area contributed by atoms with Gasteiger partial charge in [0.05, 0.1) is 132 Å². The van der Waals surface area contributed by atoms with Gasteiger partial charge < -0.3 is 60.3 Å². The topological polar surface area (TPSA) is 120 Å². The highest BCUT2D eigenvalue weighted by molar-refractivity contribution is 6.85. The van der Waals surface area contributed by atoms with Crippen LogP contribution in [0.1, 0.15) is 41.0 Å². The normalized spacial score (nSPS) is 14.4. The first kappa shape index (κ1) is 52.1. The minimum Gasteiger partial charge on any atom is -0.439 e. The second-order valence-corrected chi connectivity index (χ2v) is 26.4. The Morgan fingerprint density at radius 3 is 1.04 bits per heavy atom. The molecule has 0 amide bonds. The molecule has 52 heavy (non-hydrogen) atoms. The molecule has 0 radical (unpaired) electrons. The molecular weight excluding hydrogens is 725 g/mol. The Bertz CT molecular complexity index is 765. The van der Waals surface area contributed by atoms with Gasteiger partial charge in [-0.3, -0.25) is 0 Å². The fourth-order valence-electron chi connectivity index (χ4n) is 5.01. The predicted molar refractivity (Wildman–Crippen MR) is 213 cm³/mol. The van der Waals surface area contributed by atoms with E-state index in [1.54, 1.807) is 7.11 Å². The summed E-state index contributed by atoms with van der Waals surface area (Å²) < 4.78 is 74.0. The van der Waals surface area contributed by atoms with Crippen molar-refractivity contribution in [3.63, 3.8) is 0 Å². The molecule has 0 fully saturated rings. The number of methoxy groups -OCH3 is 1. The van der Waals surface area contributed by atoms with Crippen molar-refractivity contribution in [3.8, 4) is 0 Å². The second-order valence-electron chi connectivity index (χ2n) is 14.9. The summed E-state index contributed by atoms with van der Waals surface area (Å²) >= 11 is 0. The smallest absolute Gasteiger partial charge is 0.314 e. The molecule has 0 aromatic rings. The van der Waals surface area contributed by atoms with E-state index in [0.29, 0.717) is 145 Å². The van der Waals surface area contributed by atoms with Crippen LogP contribution in [0.15, 0.2) is 0 Å². The van der Waals surface area contributed by atoms with E-state index in [0.717, 1.165) is 18.5 Å². The Morgan fingerprint density at radius 1 is 0.481 bits per heavy atom. The van der Waals surface area contributed by atoms with Crippen molar-refractivity contribution in [2.45, 2.75) is 84.4 Å². The molecule has 0 aromatic heterocycles. The molecule has 0 aromatic carbocycles. The summed E-state index contributed by atoms with van der Waals surface area (Å²) in [5.41, 5.74) is 0. The van der Waals surface area contributed by atoms with Gasteiger partial charge in [0, 0.05) is 13.7 Å². The van der Waals surface area contributed by atoms with E-state index in [1.807, 2.05) is 0 Å². The molecule has 314 valence electrons. The van der Waals surface area contributed by atoms with E-state index < -0.39 is 25.9 Å². The number of hydrogen-bond donors (Lipinski definition) is 0. The lowest BCUT2D eigenvalue weighted by molar-refractivity contribution is -0.0270. The average molecular weight is 805 g/mol. The van der Waals surface area contributed by atoms with Gasteiger partial charge in [0.2, 0.25) is 0 Å². The van der Waals surface area contributed by atoms with Crippen LogP contribution >= 0.6 is 0 Å². The summed E-state index contributed by atoms with van der Waals surface area (Å²) in [6.07, 6.45) is 0.945. The predicted octanol–water partition coefficient (Wildman–Crippen LogP) is 5.31. The van der Waals surface area contributed by atoms with E-state index in [9.17, 15) is 0 Å². The SMILES string of the molecule is COCCOCCOCCOCCOCCOCCOCCOCCOCCOCCOCCC[Si](C)(O[SiH](C)C(C)(C)C)O[Si](C)(C)CC(C)C. The Hall–Kier alpha value is 0.131. The third-order valence-corrected chi connectivity index (χ3v) is 20.6. The zero-order valence-corrected chi connectivity index (χ0v) is 38.1. The quantitative estimate of drug-likeness (QED) is 0.0589. The molecule has 13 nitrogen and oxygen atoms in total. The van der Waals surface area contributed by atoms with Crippen LogP contribution in [0.5, 0.6) is 0 Å². The molecule has 0 aliphatic rings. The largest absolute Gasteiger partial charge is 0.439 e. The zero-order valence-electron chi connectivity index (χ0n) is 34.9. The molecule has 0 aliphatic heterocycles. The van der Waals surface area contributed by atoms with Gasteiger partial charge in [-0.05, 0) is 55.7 Å². The monoisotopic (exact) mass is 804 g/mol. The Kier molecular flexibility index (Phi) is 34.5. The molecular formula is C36H80O13Si3. The van der Waals surface area contributed by atoms with Crippen LogP contribution in [-0.2, 0) is 60.3 Å². The summed E-state index contributed by atoms with van der Waals surface area (Å²) in [6, 6.07) is 2.12. The fraction of sp³-hybridized carbons (Fsp3) is 1.00. The van der Waals surface area contributed by atoms with Crippen molar-refractivity contribution < 1.29 is 60.3 Å². The highest BCUT2D eigenvalue weighted by Crippen LogP contribution is 2.33. The first-order valence-electron chi connectivity index (χ1n) is 19.5. The van der Waals surface area contributed by atoms with Crippen molar-refractivity contribution in [1.29, 1.82) is 0 Å². The number of rotatable bonds is 40. The fourth-order valence-corrected chi connectivity index (χ4v) is 18.7. The first-order chi connectivity index (χ1) is 24.8. The molecule has 0 saturated heterocycles. The third kappa shape index (κ3) is 35.8. The highest BCUT2D eigenvalue weighted by Gasteiger charge is 2.41. The maximum atomic E-state index is 6.94. The van der Waals surface area contributed by atoms with E-state index >= 15 is 0 Å². The van der Waals surface area contributed by atoms with E-state index in [1.165, 1.54) is 0 Å². The Balaban J connectivity index is 3.54. The van der Waals surface area contributed by atoms with Crippen molar-refractivity contribution >= 4 is 25.9 Å². The molecule has 0 spiro atoms. The molecule has 0 aliphatic carbocycles. The van der Waals surface area contributed by atoms with Crippen LogP contribution in [0.2, 0.25) is 43.3 Å². The molecule has 0 heterocycles. The second kappa shape index (κ2) is 34.4. The summed E-state index contributed by atoms with van der Waals surface area (Å²) in [6.45, 7) is 32.1. The van der Waals surface area contributed by atoms with Crippen LogP contribution in [0.25, 0.3) is 0 Å². The number of ether oxygens (including phenoxy) is 11. The van der Waals surface area contributed by atoms with Gasteiger partial charge in [-0.15, -0.1) is 0 Å². The Morgan fingerprint density at radius 2 is 0.769 bits per heavy atom. The maximum Gasteiger partial charge on any atom is 0.314 e. The molecule has 0 rings (SSSR count).